The summed E-state index contributed by atoms with van der Waals surface area (Å²) in [4.78, 5) is 0. The molecule has 0 aromatic heterocycles. The van der Waals surface area contributed by atoms with Crippen LogP contribution >= 0.6 is 33.2 Å². The van der Waals surface area contributed by atoms with Crippen LogP contribution in [0, 0.1) is 0 Å². The van der Waals surface area contributed by atoms with E-state index in [1.54, 1.807) is 0 Å². The van der Waals surface area contributed by atoms with E-state index in [2.05, 4.69) is 0 Å². The number of rotatable bonds is 12. The summed E-state index contributed by atoms with van der Waals surface area (Å²) in [6.45, 7) is -0.725. The van der Waals surface area contributed by atoms with Crippen molar-refractivity contribution in [2.45, 2.75) is 63.3 Å². The number of halogens is 5. The molecule has 0 aromatic carbocycles. The third kappa shape index (κ3) is 10.8. The highest BCUT2D eigenvalue weighted by atomic mass is 35.8. The summed E-state index contributed by atoms with van der Waals surface area (Å²) in [5, 5.41) is 0. The minimum Gasteiger partial charge on any atom is -0.251 e. The van der Waals surface area contributed by atoms with Crippen LogP contribution in [-0.2, 0) is 0 Å². The molecule has 110 valence electrons. The molecule has 0 rings (SSSR count). The summed E-state index contributed by atoms with van der Waals surface area (Å²) in [5.41, 5.74) is -0.355. The van der Waals surface area contributed by atoms with Crippen LogP contribution in [-0.4, -0.2) is 19.4 Å². The largest absolute Gasteiger partial charge is 0.346 e. The molecule has 0 bridgehead atoms. The van der Waals surface area contributed by atoms with E-state index >= 15 is 0 Å². The molecule has 0 spiro atoms. The van der Waals surface area contributed by atoms with E-state index < -0.39 is 12.7 Å². The molecule has 0 saturated heterocycles. The van der Waals surface area contributed by atoms with E-state index in [0.29, 0.717) is 12.8 Å². The van der Waals surface area contributed by atoms with Crippen LogP contribution in [0.15, 0.2) is 0 Å². The van der Waals surface area contributed by atoms with E-state index in [-0.39, 0.29) is 12.2 Å². The summed E-state index contributed by atoms with van der Waals surface area (Å²) < 4.78 is 24.5. The normalized spacial score (nSPS) is 13.8. The van der Waals surface area contributed by atoms with Crippen LogP contribution in [0.4, 0.5) is 8.78 Å². The third-order valence-corrected chi connectivity index (χ3v) is 7.23. The Morgan fingerprint density at radius 2 is 1.17 bits per heavy atom. The fraction of sp³-hybridized carbons (Fsp3) is 1.00. The first-order chi connectivity index (χ1) is 8.52. The van der Waals surface area contributed by atoms with Gasteiger partial charge in [0.2, 0.25) is 0 Å². The van der Waals surface area contributed by atoms with Crippen LogP contribution in [0.25, 0.3) is 0 Å². The standard InChI is InChI=1S/C12H23Cl3F2Si/c13-18(14,15)12(11-17)9-7-5-3-1-2-4-6-8-10-16/h12H,1-11H2. The second-order valence-electron chi connectivity index (χ2n) is 4.70. The van der Waals surface area contributed by atoms with E-state index in [9.17, 15) is 8.78 Å². The Bertz CT molecular complexity index is 189. The minimum atomic E-state index is -2.87. The average molecular weight is 340 g/mol. The Morgan fingerprint density at radius 3 is 1.56 bits per heavy atom. The summed E-state index contributed by atoms with van der Waals surface area (Å²) in [7, 11) is 0. The van der Waals surface area contributed by atoms with Gasteiger partial charge in [-0.15, -0.1) is 33.2 Å². The Hall–Kier alpha value is 0.947. The lowest BCUT2D eigenvalue weighted by atomic mass is 10.1. The van der Waals surface area contributed by atoms with Crippen LogP contribution in [0.5, 0.6) is 0 Å². The SMILES string of the molecule is FCCCCCCCCCCC(CF)[Si](Cl)(Cl)Cl. The summed E-state index contributed by atoms with van der Waals surface area (Å²) >= 11 is 17.4. The van der Waals surface area contributed by atoms with Crippen molar-refractivity contribution in [1.82, 2.24) is 0 Å². The Morgan fingerprint density at radius 1 is 0.722 bits per heavy atom. The van der Waals surface area contributed by atoms with Gasteiger partial charge in [-0.05, 0) is 12.8 Å². The topological polar surface area (TPSA) is 0 Å². The Balaban J connectivity index is 3.34. The zero-order valence-corrected chi connectivity index (χ0v) is 14.0. The van der Waals surface area contributed by atoms with Gasteiger partial charge in [0.25, 0.3) is 0 Å². The van der Waals surface area contributed by atoms with Gasteiger partial charge in [-0.1, -0.05) is 44.9 Å². The van der Waals surface area contributed by atoms with E-state index in [0.717, 1.165) is 44.9 Å². The van der Waals surface area contributed by atoms with Gasteiger partial charge in [0, 0.05) is 5.54 Å². The molecular weight excluding hydrogens is 317 g/mol. The minimum absolute atomic E-state index is 0.203. The molecule has 1 unspecified atom stereocenters. The van der Waals surface area contributed by atoms with Crippen LogP contribution in [0.3, 0.4) is 0 Å². The van der Waals surface area contributed by atoms with Crippen molar-refractivity contribution >= 4 is 39.2 Å². The van der Waals surface area contributed by atoms with Crippen LogP contribution in [0.1, 0.15) is 57.8 Å². The average Bonchev–Trinajstić information content (AvgIpc) is 2.30. The lowest BCUT2D eigenvalue weighted by molar-refractivity contribution is 0.441. The van der Waals surface area contributed by atoms with Crippen LogP contribution < -0.4 is 0 Å². The summed E-state index contributed by atoms with van der Waals surface area (Å²) in [5.74, 6) is 0. The van der Waals surface area contributed by atoms with E-state index in [1.165, 1.54) is 0 Å². The van der Waals surface area contributed by atoms with Crippen molar-refractivity contribution in [2.75, 3.05) is 13.3 Å². The van der Waals surface area contributed by atoms with Gasteiger partial charge in [-0.25, -0.2) is 0 Å². The van der Waals surface area contributed by atoms with Gasteiger partial charge < -0.3 is 0 Å². The molecule has 0 radical (unpaired) electrons. The third-order valence-electron chi connectivity index (χ3n) is 3.09. The molecule has 0 aromatic rings. The second kappa shape index (κ2) is 11.7. The number of hydrogen-bond donors (Lipinski definition) is 0. The fourth-order valence-electron chi connectivity index (χ4n) is 1.87. The highest BCUT2D eigenvalue weighted by molar-refractivity contribution is 7.65. The molecule has 0 saturated carbocycles. The van der Waals surface area contributed by atoms with Gasteiger partial charge in [-0.2, -0.15) is 0 Å². The monoisotopic (exact) mass is 338 g/mol. The summed E-state index contributed by atoms with van der Waals surface area (Å²) in [6.07, 6.45) is 8.92. The predicted octanol–water partition coefficient (Wildman–Crippen LogP) is 6.46. The first kappa shape index (κ1) is 18.9. The smallest absolute Gasteiger partial charge is 0.251 e. The highest BCUT2D eigenvalue weighted by Crippen LogP contribution is 2.37. The van der Waals surface area contributed by atoms with Crippen molar-refractivity contribution in [3.8, 4) is 0 Å². The van der Waals surface area contributed by atoms with Gasteiger partial charge in [0.1, 0.15) is 0 Å². The molecule has 0 aliphatic carbocycles. The number of unbranched alkanes of at least 4 members (excludes halogenated alkanes) is 7. The first-order valence-electron chi connectivity index (χ1n) is 6.71. The number of hydrogen-bond acceptors (Lipinski definition) is 0. The molecule has 0 amide bonds. The maximum atomic E-state index is 12.7. The molecule has 0 aliphatic heterocycles. The maximum absolute atomic E-state index is 12.7. The van der Waals surface area contributed by atoms with Gasteiger partial charge in [0.15, 0.2) is 0 Å². The molecule has 6 heteroatoms. The summed E-state index contributed by atoms with van der Waals surface area (Å²) in [6, 6.07) is -2.87. The molecule has 0 fully saturated rings. The predicted molar refractivity (Wildman–Crippen MR) is 80.6 cm³/mol. The lowest BCUT2D eigenvalue weighted by Gasteiger charge is -2.18. The molecule has 0 nitrogen and oxygen atoms in total. The Kier molecular flexibility index (Phi) is 12.4. The zero-order chi connectivity index (χ0) is 13.9. The van der Waals surface area contributed by atoms with Crippen molar-refractivity contribution in [3.05, 3.63) is 0 Å². The molecule has 0 N–H and O–H groups in total. The molecule has 0 aliphatic rings. The van der Waals surface area contributed by atoms with Crippen molar-refractivity contribution in [1.29, 1.82) is 0 Å². The Labute approximate surface area is 124 Å². The van der Waals surface area contributed by atoms with Crippen LogP contribution in [0.2, 0.25) is 5.54 Å². The molecule has 0 heterocycles. The van der Waals surface area contributed by atoms with Gasteiger partial charge >= 0.3 is 6.00 Å². The quantitative estimate of drug-likeness (QED) is 0.217. The van der Waals surface area contributed by atoms with Crippen molar-refractivity contribution in [2.24, 2.45) is 0 Å². The van der Waals surface area contributed by atoms with Crippen molar-refractivity contribution < 1.29 is 8.78 Å². The highest BCUT2D eigenvalue weighted by Gasteiger charge is 2.36. The molecular formula is C12H23Cl3F2Si. The van der Waals surface area contributed by atoms with E-state index in [4.69, 9.17) is 33.2 Å². The van der Waals surface area contributed by atoms with Crippen molar-refractivity contribution in [3.63, 3.8) is 0 Å². The first-order valence-corrected chi connectivity index (χ1v) is 11.8. The van der Waals surface area contributed by atoms with Gasteiger partial charge in [-0.3, -0.25) is 8.78 Å². The van der Waals surface area contributed by atoms with E-state index in [1.807, 2.05) is 0 Å². The second-order valence-corrected chi connectivity index (χ2v) is 13.7. The number of alkyl halides is 2. The maximum Gasteiger partial charge on any atom is 0.346 e. The molecule has 18 heavy (non-hydrogen) atoms. The fourth-order valence-corrected chi connectivity index (χ4v) is 4.09. The zero-order valence-electron chi connectivity index (χ0n) is 10.7. The molecule has 1 atom stereocenters. The lowest BCUT2D eigenvalue weighted by Crippen LogP contribution is -2.21. The van der Waals surface area contributed by atoms with Gasteiger partial charge in [0.05, 0.1) is 13.3 Å².